The maximum atomic E-state index is 14.6. The number of aromatic nitrogens is 3. The minimum Gasteiger partial charge on any atom is -0.375 e. The summed E-state index contributed by atoms with van der Waals surface area (Å²) >= 11 is 3.39. The number of hydrogen-bond acceptors (Lipinski definition) is 9. The van der Waals surface area contributed by atoms with Crippen molar-refractivity contribution in [2.45, 2.75) is 71.3 Å². The van der Waals surface area contributed by atoms with E-state index in [1.807, 2.05) is 12.1 Å². The first kappa shape index (κ1) is 33.5. The van der Waals surface area contributed by atoms with Crippen LogP contribution in [-0.4, -0.2) is 68.4 Å². The summed E-state index contributed by atoms with van der Waals surface area (Å²) < 4.78 is 20.9. The number of fused-ring (bicyclic) bond motifs is 2. The quantitative estimate of drug-likeness (QED) is 0.160. The summed E-state index contributed by atoms with van der Waals surface area (Å²) in [6, 6.07) is 6.00. The highest BCUT2D eigenvalue weighted by molar-refractivity contribution is 9.10. The van der Waals surface area contributed by atoms with Crippen molar-refractivity contribution in [3.05, 3.63) is 75.9 Å². The number of halogens is 2. The molecule has 1 spiro atoms. The van der Waals surface area contributed by atoms with Crippen LogP contribution in [0, 0.1) is 17.7 Å². The number of Topliss-reactive ketones (excluding diaryl/α,β-unsaturated/α-hetero) is 1. The molecule has 3 atom stereocenters. The zero-order chi connectivity index (χ0) is 34.0. The van der Waals surface area contributed by atoms with Crippen LogP contribution in [0.4, 0.5) is 15.9 Å². The maximum Gasteiger partial charge on any atom is 0.248 e. The summed E-state index contributed by atoms with van der Waals surface area (Å²) in [5.41, 5.74) is 1.92. The van der Waals surface area contributed by atoms with Gasteiger partial charge in [-0.1, -0.05) is 18.2 Å². The van der Waals surface area contributed by atoms with E-state index in [1.165, 1.54) is 6.92 Å². The number of ketones is 1. The Morgan fingerprint density at radius 3 is 2.73 bits per heavy atom. The van der Waals surface area contributed by atoms with Gasteiger partial charge in [0.05, 0.1) is 25.4 Å². The van der Waals surface area contributed by atoms with E-state index in [0.717, 1.165) is 25.7 Å². The van der Waals surface area contributed by atoms with E-state index < -0.39 is 18.5 Å². The number of aryl methyl sites for hydroxylation is 1. The number of nitrogens with one attached hydrogen (secondary N) is 3. The predicted octanol–water partition coefficient (Wildman–Crippen LogP) is 5.70. The molecule has 2 aliphatic heterocycles. The van der Waals surface area contributed by atoms with Crippen molar-refractivity contribution in [1.29, 1.82) is 5.41 Å². The van der Waals surface area contributed by atoms with E-state index in [9.17, 15) is 18.8 Å². The number of carbonyl (C=O) groups is 3. The van der Waals surface area contributed by atoms with Gasteiger partial charge >= 0.3 is 0 Å². The van der Waals surface area contributed by atoms with Gasteiger partial charge in [-0.3, -0.25) is 19.8 Å². The summed E-state index contributed by atoms with van der Waals surface area (Å²) in [7, 11) is 0. The highest BCUT2D eigenvalue weighted by atomic mass is 79.9. The monoisotopic (exact) mass is 717 g/mol. The summed E-state index contributed by atoms with van der Waals surface area (Å²) in [6.45, 7) is 2.56. The number of ether oxygens (including phenoxy) is 1. The van der Waals surface area contributed by atoms with Gasteiger partial charge in [0.2, 0.25) is 11.8 Å². The van der Waals surface area contributed by atoms with Crippen molar-refractivity contribution in [1.82, 2.24) is 19.9 Å². The molecule has 2 fully saturated rings. The molecule has 3 aromatic rings. The van der Waals surface area contributed by atoms with E-state index in [0.29, 0.717) is 46.0 Å². The van der Waals surface area contributed by atoms with Crippen LogP contribution >= 0.6 is 15.9 Å². The van der Waals surface area contributed by atoms with E-state index in [2.05, 4.69) is 47.6 Å². The van der Waals surface area contributed by atoms with E-state index >= 15 is 0 Å². The molecular weight excluding hydrogens is 681 g/mol. The largest absolute Gasteiger partial charge is 0.375 e. The molecule has 2 aromatic heterocycles. The lowest BCUT2D eigenvalue weighted by atomic mass is 9.93. The van der Waals surface area contributed by atoms with Gasteiger partial charge in [-0.2, -0.15) is 0 Å². The van der Waals surface area contributed by atoms with Crippen LogP contribution < -0.4 is 10.6 Å². The zero-order valence-electron chi connectivity index (χ0n) is 26.8. The Morgan fingerprint density at radius 2 is 1.98 bits per heavy atom. The zero-order valence-corrected chi connectivity index (χ0v) is 28.4. The van der Waals surface area contributed by atoms with Crippen molar-refractivity contribution in [3.63, 3.8) is 0 Å². The van der Waals surface area contributed by atoms with Gasteiger partial charge in [-0.05, 0) is 84.1 Å². The molecule has 48 heavy (non-hydrogen) atoms. The lowest BCUT2D eigenvalue weighted by Gasteiger charge is -2.28. The third kappa shape index (κ3) is 6.93. The fourth-order valence-electron chi connectivity index (χ4n) is 6.83. The van der Waals surface area contributed by atoms with Crippen LogP contribution in [0.1, 0.15) is 61.5 Å². The van der Waals surface area contributed by atoms with Gasteiger partial charge in [0.1, 0.15) is 34.7 Å². The summed E-state index contributed by atoms with van der Waals surface area (Å²) in [5, 5.41) is 14.5. The first-order valence-corrected chi connectivity index (χ1v) is 16.8. The van der Waals surface area contributed by atoms with E-state index in [1.54, 1.807) is 42.4 Å². The number of carbonyl (C=O) groups excluding carboxylic acids is 3. The molecule has 0 radical (unpaired) electrons. The fraction of sp³-hybridized carbons (Fsp3) is 0.400. The number of hydrogen-bond donors (Lipinski definition) is 3. The Morgan fingerprint density at radius 1 is 1.19 bits per heavy atom. The number of alkyl halides is 1. The van der Waals surface area contributed by atoms with Crippen LogP contribution in [-0.2, 0) is 32.4 Å². The number of likely N-dealkylation sites (tertiary alicyclic amines) is 1. The molecule has 6 rings (SSSR count). The van der Waals surface area contributed by atoms with Gasteiger partial charge in [-0.25, -0.2) is 19.3 Å². The average molecular weight is 719 g/mol. The maximum absolute atomic E-state index is 14.6. The van der Waals surface area contributed by atoms with Gasteiger partial charge in [0.25, 0.3) is 0 Å². The van der Waals surface area contributed by atoms with Gasteiger partial charge in [0.15, 0.2) is 5.78 Å². The van der Waals surface area contributed by atoms with Crippen molar-refractivity contribution in [2.24, 2.45) is 5.41 Å². The molecule has 1 aliphatic carbocycles. The predicted molar refractivity (Wildman–Crippen MR) is 182 cm³/mol. The summed E-state index contributed by atoms with van der Waals surface area (Å²) in [4.78, 5) is 54.9. The number of amides is 2. The highest BCUT2D eigenvalue weighted by Gasteiger charge is 2.66. The van der Waals surface area contributed by atoms with Crippen molar-refractivity contribution < 1.29 is 23.5 Å². The Bertz CT molecular complexity index is 1800. The third-order valence-electron chi connectivity index (χ3n) is 9.39. The van der Waals surface area contributed by atoms with Crippen LogP contribution in [0.25, 0.3) is 11.1 Å². The lowest BCUT2D eigenvalue weighted by molar-refractivity contribution is -0.136. The number of anilines is 2. The Labute approximate surface area is 286 Å². The van der Waals surface area contributed by atoms with E-state index in [-0.39, 0.29) is 58.9 Å². The molecule has 2 bridgehead atoms. The molecule has 1 saturated carbocycles. The number of pyridine rings is 1. The molecule has 1 saturated heterocycles. The summed E-state index contributed by atoms with van der Waals surface area (Å²) in [5.74, 6) is -0.228. The molecule has 11 nitrogen and oxygen atoms in total. The van der Waals surface area contributed by atoms with Crippen LogP contribution in [0.3, 0.4) is 0 Å². The van der Waals surface area contributed by atoms with Crippen molar-refractivity contribution in [2.75, 3.05) is 23.8 Å². The normalized spacial score (nSPS) is 22.8. The molecular formula is C35H37BrFN7O4. The second-order valence-electron chi connectivity index (χ2n) is 12.6. The molecule has 1 aromatic carbocycles. The number of nitrogens with zero attached hydrogens (tertiary/aromatic N) is 4. The number of benzene rings is 1. The first-order chi connectivity index (χ1) is 23.1. The SMILES string of the molecule is CC(=O)C(=N)c1cc(-c2cnc(C)nc2)cc(CF)c1NCC(=O)N1[C@H]2C[C@@]3(CCC/C=C/COCc4ccc(Br)nc4NC2=O)C[C@@H]13. The van der Waals surface area contributed by atoms with Crippen molar-refractivity contribution >= 4 is 50.7 Å². The minimum atomic E-state index is -0.907. The Hall–Kier alpha value is -4.36. The Balaban J connectivity index is 1.29. The Kier molecular flexibility index (Phi) is 9.79. The summed E-state index contributed by atoms with van der Waals surface area (Å²) in [6.07, 6.45) is 11.3. The second-order valence-corrected chi connectivity index (χ2v) is 13.4. The first-order valence-electron chi connectivity index (χ1n) is 16.0. The fourth-order valence-corrected chi connectivity index (χ4v) is 7.14. The molecule has 3 aliphatic rings. The van der Waals surface area contributed by atoms with E-state index in [4.69, 9.17) is 10.1 Å². The topological polar surface area (TPSA) is 150 Å². The molecule has 13 heteroatoms. The standard InChI is InChI=1S/C35H37BrFN7O4/c1-20(45)31(38)26-12-23(25-16-39-21(2)40-17-25)11-24(15-37)32(26)41-18-30(46)44-27-13-35(14-28(35)44)9-5-3-4-6-10-48-19-22-7-8-29(36)42-33(22)43-34(27)47/h4,6-8,11-12,16-17,27-28,38,41H,3,5,9-10,13-15,18-19H2,1-2H3,(H,42,43,47)/b6-4+,38-31?/t27-,28+,35-/m0/s1. The number of allylic oxidation sites excluding steroid dienone is 1. The lowest BCUT2D eigenvalue weighted by Crippen LogP contribution is -2.47. The van der Waals surface area contributed by atoms with Crippen LogP contribution in [0.2, 0.25) is 0 Å². The van der Waals surface area contributed by atoms with Gasteiger partial charge in [0, 0.05) is 47.6 Å². The number of rotatable bonds is 7. The van der Waals surface area contributed by atoms with Crippen molar-refractivity contribution in [3.8, 4) is 11.1 Å². The molecule has 2 amide bonds. The third-order valence-corrected chi connectivity index (χ3v) is 9.84. The van der Waals surface area contributed by atoms with Gasteiger partial charge in [-0.15, -0.1) is 0 Å². The second kappa shape index (κ2) is 14.0. The molecule has 3 N–H and O–H groups in total. The molecule has 0 unspecified atom stereocenters. The van der Waals surface area contributed by atoms with Crippen LogP contribution in [0.5, 0.6) is 0 Å². The average Bonchev–Trinajstić information content (AvgIpc) is 3.67. The molecule has 4 heterocycles. The highest BCUT2D eigenvalue weighted by Crippen LogP contribution is 2.62. The number of piperidine rings is 1. The van der Waals surface area contributed by atoms with Crippen LogP contribution in [0.15, 0.2) is 53.4 Å². The molecule has 250 valence electrons. The van der Waals surface area contributed by atoms with Gasteiger partial charge < -0.3 is 20.3 Å². The minimum absolute atomic E-state index is 0.0998. The smallest absolute Gasteiger partial charge is 0.248 e.